The van der Waals surface area contributed by atoms with Gasteiger partial charge in [0.1, 0.15) is 5.75 Å². The summed E-state index contributed by atoms with van der Waals surface area (Å²) in [6.45, 7) is 3.09. The molecule has 1 aromatic carbocycles. The molecule has 0 aliphatic carbocycles. The largest absolute Gasteiger partial charge is 0.495 e. The number of piperidine rings is 1. The minimum atomic E-state index is -0.316. The first-order chi connectivity index (χ1) is 10.0. The van der Waals surface area contributed by atoms with Crippen molar-refractivity contribution in [2.24, 2.45) is 5.92 Å². The van der Waals surface area contributed by atoms with E-state index in [1.54, 1.807) is 37.1 Å². The van der Waals surface area contributed by atoms with Gasteiger partial charge >= 0.3 is 6.03 Å². The Bertz CT molecular complexity index is 500. The van der Waals surface area contributed by atoms with Crippen LogP contribution in [0.3, 0.4) is 0 Å². The highest BCUT2D eigenvalue weighted by Crippen LogP contribution is 2.28. The van der Waals surface area contributed by atoms with E-state index in [2.05, 4.69) is 5.32 Å². The maximum Gasteiger partial charge on any atom is 0.321 e. The number of urea groups is 1. The first-order valence-electron chi connectivity index (χ1n) is 7.08. The predicted octanol–water partition coefficient (Wildman–Crippen LogP) is 2.97. The van der Waals surface area contributed by atoms with Crippen LogP contribution in [0.25, 0.3) is 0 Å². The fourth-order valence-corrected chi connectivity index (χ4v) is 2.73. The highest BCUT2D eigenvalue weighted by Gasteiger charge is 2.25. The van der Waals surface area contributed by atoms with Crippen molar-refractivity contribution in [3.05, 3.63) is 23.2 Å². The SMILES string of the molecule is COc1ccc(Cl)cc1NC(=O)N1CCC([C@H](C)O)CC1. The van der Waals surface area contributed by atoms with Crippen LogP contribution in [-0.4, -0.2) is 42.3 Å². The number of carbonyl (C=O) groups is 1. The highest BCUT2D eigenvalue weighted by atomic mass is 35.5. The molecule has 2 rings (SSSR count). The minimum absolute atomic E-state index is 0.167. The van der Waals surface area contributed by atoms with Crippen LogP contribution >= 0.6 is 11.6 Å². The van der Waals surface area contributed by atoms with Gasteiger partial charge in [-0.15, -0.1) is 0 Å². The number of carbonyl (C=O) groups excluding carboxylic acids is 1. The van der Waals surface area contributed by atoms with Gasteiger partial charge in [-0.05, 0) is 43.9 Å². The van der Waals surface area contributed by atoms with Gasteiger partial charge in [0.15, 0.2) is 0 Å². The van der Waals surface area contributed by atoms with E-state index in [9.17, 15) is 9.90 Å². The molecule has 1 aliphatic heterocycles. The molecule has 6 heteroatoms. The van der Waals surface area contributed by atoms with Gasteiger partial charge in [-0.25, -0.2) is 4.79 Å². The number of aliphatic hydroxyl groups excluding tert-OH is 1. The van der Waals surface area contributed by atoms with Crippen molar-refractivity contribution < 1.29 is 14.6 Å². The van der Waals surface area contributed by atoms with E-state index >= 15 is 0 Å². The Balaban J connectivity index is 1.98. The number of amides is 2. The first kappa shape index (κ1) is 15.9. The number of hydrogen-bond donors (Lipinski definition) is 2. The van der Waals surface area contributed by atoms with Gasteiger partial charge in [0.05, 0.1) is 18.9 Å². The molecule has 0 saturated carbocycles. The van der Waals surface area contributed by atoms with Crippen LogP contribution in [0, 0.1) is 5.92 Å². The summed E-state index contributed by atoms with van der Waals surface area (Å²) in [5.74, 6) is 0.848. The summed E-state index contributed by atoms with van der Waals surface area (Å²) < 4.78 is 5.21. The molecule has 0 bridgehead atoms. The van der Waals surface area contributed by atoms with E-state index in [4.69, 9.17) is 16.3 Å². The number of halogens is 1. The second kappa shape index (κ2) is 7.00. The Morgan fingerprint density at radius 1 is 1.48 bits per heavy atom. The van der Waals surface area contributed by atoms with Gasteiger partial charge in [0, 0.05) is 18.1 Å². The van der Waals surface area contributed by atoms with Crippen molar-refractivity contribution in [1.82, 2.24) is 4.90 Å². The fraction of sp³-hybridized carbons (Fsp3) is 0.533. The van der Waals surface area contributed by atoms with Crippen LogP contribution < -0.4 is 10.1 Å². The Kier molecular flexibility index (Phi) is 5.31. The van der Waals surface area contributed by atoms with Gasteiger partial charge in [-0.3, -0.25) is 0 Å². The summed E-state index contributed by atoms with van der Waals surface area (Å²) in [7, 11) is 1.55. The smallest absolute Gasteiger partial charge is 0.321 e. The lowest BCUT2D eigenvalue weighted by molar-refractivity contribution is 0.0820. The summed E-state index contributed by atoms with van der Waals surface area (Å²) >= 11 is 5.95. The average Bonchev–Trinajstić information content (AvgIpc) is 2.47. The van der Waals surface area contributed by atoms with Crippen molar-refractivity contribution in [3.8, 4) is 5.75 Å². The third kappa shape index (κ3) is 4.02. The topological polar surface area (TPSA) is 61.8 Å². The number of nitrogens with one attached hydrogen (secondary N) is 1. The molecule has 21 heavy (non-hydrogen) atoms. The monoisotopic (exact) mass is 312 g/mol. The van der Waals surface area contributed by atoms with Crippen LogP contribution in [0.1, 0.15) is 19.8 Å². The average molecular weight is 313 g/mol. The van der Waals surface area contributed by atoms with Gasteiger partial charge in [-0.2, -0.15) is 0 Å². The normalized spacial score (nSPS) is 17.4. The molecule has 5 nitrogen and oxygen atoms in total. The lowest BCUT2D eigenvalue weighted by atomic mass is 9.92. The van der Waals surface area contributed by atoms with E-state index in [-0.39, 0.29) is 18.1 Å². The number of benzene rings is 1. The molecule has 1 saturated heterocycles. The lowest BCUT2D eigenvalue weighted by Crippen LogP contribution is -2.42. The maximum atomic E-state index is 12.3. The molecule has 1 aliphatic rings. The van der Waals surface area contributed by atoms with E-state index < -0.39 is 0 Å². The summed E-state index contributed by atoms with van der Waals surface area (Å²) in [6, 6.07) is 4.93. The number of aliphatic hydroxyl groups is 1. The van der Waals surface area contributed by atoms with Crippen molar-refractivity contribution >= 4 is 23.3 Å². The van der Waals surface area contributed by atoms with E-state index in [0.29, 0.717) is 29.5 Å². The minimum Gasteiger partial charge on any atom is -0.495 e. The molecular formula is C15H21ClN2O3. The molecule has 1 aromatic rings. The van der Waals surface area contributed by atoms with E-state index in [1.165, 1.54) is 0 Å². The van der Waals surface area contributed by atoms with Gasteiger partial charge in [-0.1, -0.05) is 11.6 Å². The quantitative estimate of drug-likeness (QED) is 0.902. The summed E-state index contributed by atoms with van der Waals surface area (Å²) in [6.07, 6.45) is 1.32. The number of rotatable bonds is 3. The second-order valence-electron chi connectivity index (χ2n) is 5.34. The van der Waals surface area contributed by atoms with E-state index in [0.717, 1.165) is 12.8 Å². The molecule has 1 fully saturated rings. The van der Waals surface area contributed by atoms with Crippen molar-refractivity contribution in [2.45, 2.75) is 25.9 Å². The van der Waals surface area contributed by atoms with Crippen LogP contribution in [0.15, 0.2) is 18.2 Å². The highest BCUT2D eigenvalue weighted by molar-refractivity contribution is 6.31. The second-order valence-corrected chi connectivity index (χ2v) is 5.78. The zero-order valence-corrected chi connectivity index (χ0v) is 13.1. The van der Waals surface area contributed by atoms with Gasteiger partial charge in [0.25, 0.3) is 0 Å². The summed E-state index contributed by atoms with van der Waals surface area (Å²) in [5, 5.41) is 13.0. The van der Waals surface area contributed by atoms with Gasteiger partial charge < -0.3 is 20.1 Å². The Labute approximate surface area is 129 Å². The molecule has 2 amide bonds. The molecule has 0 aromatic heterocycles. The molecular weight excluding hydrogens is 292 g/mol. The number of ether oxygens (including phenoxy) is 1. The Morgan fingerprint density at radius 2 is 2.14 bits per heavy atom. The van der Waals surface area contributed by atoms with E-state index in [1.807, 2.05) is 0 Å². The Hall–Kier alpha value is -1.46. The third-order valence-corrected chi connectivity index (χ3v) is 4.15. The van der Waals surface area contributed by atoms with Crippen molar-refractivity contribution in [2.75, 3.05) is 25.5 Å². The molecule has 0 spiro atoms. The first-order valence-corrected chi connectivity index (χ1v) is 7.46. The molecule has 1 heterocycles. The zero-order valence-electron chi connectivity index (χ0n) is 12.3. The lowest BCUT2D eigenvalue weighted by Gasteiger charge is -2.33. The van der Waals surface area contributed by atoms with Crippen LogP contribution in [0.4, 0.5) is 10.5 Å². The van der Waals surface area contributed by atoms with Crippen LogP contribution in [0.5, 0.6) is 5.75 Å². The van der Waals surface area contributed by atoms with Crippen molar-refractivity contribution in [1.29, 1.82) is 0 Å². The Morgan fingerprint density at radius 3 is 2.71 bits per heavy atom. The van der Waals surface area contributed by atoms with Crippen LogP contribution in [-0.2, 0) is 0 Å². The third-order valence-electron chi connectivity index (χ3n) is 3.91. The molecule has 2 N–H and O–H groups in total. The molecule has 0 radical (unpaired) electrons. The molecule has 116 valence electrons. The predicted molar refractivity (Wildman–Crippen MR) is 83.0 cm³/mol. The molecule has 1 atom stereocenters. The number of hydrogen-bond acceptors (Lipinski definition) is 3. The van der Waals surface area contributed by atoms with Crippen LogP contribution in [0.2, 0.25) is 5.02 Å². The summed E-state index contributed by atoms with van der Waals surface area (Å²) in [4.78, 5) is 14.0. The maximum absolute atomic E-state index is 12.3. The summed E-state index contributed by atoms with van der Waals surface area (Å²) in [5.41, 5.74) is 0.563. The molecule has 0 unspecified atom stereocenters. The zero-order chi connectivity index (χ0) is 15.4. The number of nitrogens with zero attached hydrogens (tertiary/aromatic N) is 1. The number of methoxy groups -OCH3 is 1. The number of likely N-dealkylation sites (tertiary alicyclic amines) is 1. The standard InChI is InChI=1S/C15H21ClN2O3/c1-10(19)11-5-7-18(8-6-11)15(20)17-13-9-12(16)3-4-14(13)21-2/h3-4,9-11,19H,5-8H2,1-2H3,(H,17,20)/t10-/m0/s1. The van der Waals surface area contributed by atoms with Gasteiger partial charge in [0.2, 0.25) is 0 Å². The van der Waals surface area contributed by atoms with Crippen molar-refractivity contribution in [3.63, 3.8) is 0 Å². The number of anilines is 1. The fourth-order valence-electron chi connectivity index (χ4n) is 2.56.